The van der Waals surface area contributed by atoms with Gasteiger partial charge in [0.25, 0.3) is 0 Å². The summed E-state index contributed by atoms with van der Waals surface area (Å²) >= 11 is 0. The topological polar surface area (TPSA) is 340 Å². The van der Waals surface area contributed by atoms with Crippen molar-refractivity contribution in [2.24, 2.45) is 50.2 Å². The van der Waals surface area contributed by atoms with E-state index in [1.807, 2.05) is 6.92 Å². The molecular weight excluding hydrogens is 1000 g/mol. The molecular formula is C54H86O22. The summed E-state index contributed by atoms with van der Waals surface area (Å²) in [6.07, 6.45) is -19.4. The van der Waals surface area contributed by atoms with Gasteiger partial charge in [-0.25, -0.2) is 0 Å². The van der Waals surface area contributed by atoms with Crippen molar-refractivity contribution in [3.63, 3.8) is 0 Å². The molecule has 0 amide bonds. The first-order valence-corrected chi connectivity index (χ1v) is 27.5. The fraction of sp³-hybridized carbons (Fsp3) is 0.926. The van der Waals surface area contributed by atoms with Gasteiger partial charge in [0.05, 0.1) is 44.1 Å². The highest BCUT2D eigenvalue weighted by atomic mass is 16.8. The molecule has 76 heavy (non-hydrogen) atoms. The van der Waals surface area contributed by atoms with Gasteiger partial charge in [0.2, 0.25) is 6.29 Å². The summed E-state index contributed by atoms with van der Waals surface area (Å²) in [7, 11) is 0. The van der Waals surface area contributed by atoms with Crippen LogP contribution in [-0.4, -0.2) is 211 Å². The quantitative estimate of drug-likeness (QED) is 0.0726. The molecule has 0 aromatic rings. The number of carbonyl (C=O) groups is 2. The van der Waals surface area contributed by atoms with Crippen molar-refractivity contribution < 1.29 is 108 Å². The molecule has 0 radical (unpaired) electrons. The average molecular weight is 1090 g/mol. The van der Waals surface area contributed by atoms with Gasteiger partial charge in [0, 0.05) is 12.3 Å². The maximum Gasteiger partial charge on any atom is 0.315 e. The number of fused-ring (bicyclic) bond motifs is 7. The minimum Gasteiger partial charge on any atom is -0.457 e. The van der Waals surface area contributed by atoms with E-state index in [2.05, 4.69) is 40.7 Å². The summed E-state index contributed by atoms with van der Waals surface area (Å²) in [6, 6.07) is 0. The van der Waals surface area contributed by atoms with Gasteiger partial charge in [-0.2, -0.15) is 0 Å². The predicted molar refractivity (Wildman–Crippen MR) is 260 cm³/mol. The zero-order chi connectivity index (χ0) is 55.4. The Hall–Kier alpha value is -2.04. The summed E-state index contributed by atoms with van der Waals surface area (Å²) in [5.41, 5.74) is -1.70. The molecule has 4 aliphatic heterocycles. The van der Waals surface area contributed by atoms with E-state index in [0.717, 1.165) is 26.2 Å². The number of aliphatic hydroxyl groups excluding tert-OH is 11. The zero-order valence-corrected chi connectivity index (χ0v) is 45.1. The van der Waals surface area contributed by atoms with Crippen molar-refractivity contribution in [1.82, 2.24) is 0 Å². The second-order valence-electron chi connectivity index (χ2n) is 25.8. The van der Waals surface area contributed by atoms with Crippen LogP contribution in [-0.2, 0) is 52.2 Å². The summed E-state index contributed by atoms with van der Waals surface area (Å²) in [6.45, 7) is 14.7. The molecule has 22 nitrogen and oxygen atoms in total. The second kappa shape index (κ2) is 21.4. The summed E-state index contributed by atoms with van der Waals surface area (Å²) in [5, 5.41) is 120. The van der Waals surface area contributed by atoms with Gasteiger partial charge in [0.15, 0.2) is 31.1 Å². The Kier molecular flexibility index (Phi) is 16.5. The summed E-state index contributed by atoms with van der Waals surface area (Å²) in [5.74, 6) is -1.50. The van der Waals surface area contributed by atoms with E-state index in [-0.39, 0.29) is 59.2 Å². The van der Waals surface area contributed by atoms with E-state index in [0.29, 0.717) is 44.9 Å². The number of esters is 2. The molecule has 4 saturated heterocycles. The number of hydrogen-bond acceptors (Lipinski definition) is 22. The molecule has 0 bridgehead atoms. The van der Waals surface area contributed by atoms with Crippen LogP contribution in [0.5, 0.6) is 0 Å². The summed E-state index contributed by atoms with van der Waals surface area (Å²) < 4.78 is 53.2. The Labute approximate surface area is 443 Å². The molecule has 22 heteroatoms. The van der Waals surface area contributed by atoms with Crippen molar-refractivity contribution in [2.45, 2.75) is 236 Å². The van der Waals surface area contributed by atoms with Crippen LogP contribution in [0, 0.1) is 50.2 Å². The van der Waals surface area contributed by atoms with Crippen molar-refractivity contribution in [3.8, 4) is 0 Å². The van der Waals surface area contributed by atoms with Gasteiger partial charge in [-0.05, 0) is 111 Å². The van der Waals surface area contributed by atoms with E-state index in [9.17, 15) is 61.0 Å². The van der Waals surface area contributed by atoms with Crippen molar-refractivity contribution in [1.29, 1.82) is 0 Å². The van der Waals surface area contributed by atoms with E-state index in [1.54, 1.807) is 0 Å². The van der Waals surface area contributed by atoms with Crippen molar-refractivity contribution in [3.05, 3.63) is 11.6 Å². The van der Waals surface area contributed by atoms with Crippen LogP contribution in [0.2, 0.25) is 0 Å². The molecule has 11 N–H and O–H groups in total. The van der Waals surface area contributed by atoms with Crippen LogP contribution in [0.1, 0.15) is 120 Å². The third-order valence-electron chi connectivity index (χ3n) is 21.0. The standard InChI is InChI=1S/C54H86O22/c1-24-34(59)37(62)40(65)46(71-24)75-43-38(63)36(61)30(22-70-44-41(66)42(72-25(2)56)29(58)21-68-44)73-47(43)76-48(67)54-17-15-49(3,4)19-27(54)26-9-10-32-50(5)13-12-33(74-45-39(64)35(60)28(57)20-69-45)51(6,23-55)31(50)11-14-53(32,8)52(26,7)16-18-54/h9,24,27-47,55,57-66H,10-23H2,1-8H3/t24-,27-,28-,29+,30+,31+,32+,33-,34-,35-,36+,37+,38-,39+,40+,41+,42-,43+,44-,45-,46-,47-,50-,51-,52+,53+,54-/m0/s1. The number of carbonyl (C=O) groups excluding carboxylic acids is 2. The van der Waals surface area contributed by atoms with Gasteiger partial charge >= 0.3 is 11.9 Å². The summed E-state index contributed by atoms with van der Waals surface area (Å²) in [4.78, 5) is 27.3. The van der Waals surface area contributed by atoms with Crippen LogP contribution >= 0.6 is 0 Å². The number of rotatable bonds is 11. The first-order chi connectivity index (χ1) is 35.6. The lowest BCUT2D eigenvalue weighted by Gasteiger charge is -2.71. The highest BCUT2D eigenvalue weighted by Gasteiger charge is 2.71. The third kappa shape index (κ3) is 9.73. The SMILES string of the molecule is CC(=O)O[C@@H]1[C@@H](O)[C@H](OC[C@H]2O[C@@H](OC(=O)[C@]34CCC(C)(C)C[C@H]3C3=CC[C@@H]5[C@@]6(C)CC[C@H](O[C@@H]7OC[C@H](O)[C@H](O)[C@H]7O)[C@@](C)(CO)[C@@H]6CC[C@@]5(C)[C@]3(C)CC4)[C@H](O[C@@H]3O[C@@H](C)[C@H](O)[C@@H](O)[C@H]3O)[C@@H](O)[C@@H]2O)OC[C@H]1O. The van der Waals surface area contributed by atoms with E-state index >= 15 is 4.79 Å². The molecule has 0 spiro atoms. The molecule has 0 aromatic carbocycles. The van der Waals surface area contributed by atoms with Crippen molar-refractivity contribution >= 4 is 11.9 Å². The van der Waals surface area contributed by atoms with E-state index < -0.39 is 146 Å². The molecule has 0 unspecified atom stereocenters. The van der Waals surface area contributed by atoms with Gasteiger partial charge in [-0.1, -0.05) is 53.2 Å². The normalized spacial score (nSPS) is 53.2. The van der Waals surface area contributed by atoms with Crippen LogP contribution in [0.15, 0.2) is 11.6 Å². The molecule has 9 rings (SSSR count). The van der Waals surface area contributed by atoms with Crippen LogP contribution < -0.4 is 0 Å². The smallest absolute Gasteiger partial charge is 0.315 e. The highest BCUT2D eigenvalue weighted by molar-refractivity contribution is 5.79. The third-order valence-corrected chi connectivity index (χ3v) is 21.0. The predicted octanol–water partition coefficient (Wildman–Crippen LogP) is -0.186. The maximum absolute atomic E-state index is 15.6. The molecule has 27 atom stereocenters. The van der Waals surface area contributed by atoms with E-state index in [4.69, 9.17) is 42.6 Å². The van der Waals surface area contributed by atoms with E-state index in [1.165, 1.54) is 12.5 Å². The maximum atomic E-state index is 15.6. The molecule has 5 aliphatic carbocycles. The lowest BCUT2D eigenvalue weighted by atomic mass is 9.33. The Morgan fingerprint density at radius 1 is 0.645 bits per heavy atom. The first kappa shape index (κ1) is 58.6. The van der Waals surface area contributed by atoms with Crippen LogP contribution in [0.4, 0.5) is 0 Å². The molecule has 8 fully saturated rings. The van der Waals surface area contributed by atoms with Crippen molar-refractivity contribution in [2.75, 3.05) is 26.4 Å². The fourth-order valence-electron chi connectivity index (χ4n) is 16.1. The lowest BCUT2D eigenvalue weighted by Crippen LogP contribution is -2.67. The van der Waals surface area contributed by atoms with Gasteiger partial charge in [0.1, 0.15) is 67.1 Å². The minimum atomic E-state index is -1.91. The largest absolute Gasteiger partial charge is 0.457 e. The fourth-order valence-corrected chi connectivity index (χ4v) is 16.1. The second-order valence-corrected chi connectivity index (χ2v) is 25.8. The first-order valence-electron chi connectivity index (χ1n) is 27.5. The number of aliphatic hydroxyl groups is 11. The molecule has 0 aromatic heterocycles. The molecule has 4 saturated carbocycles. The number of allylic oxidation sites excluding steroid dienone is 2. The zero-order valence-electron chi connectivity index (χ0n) is 45.1. The lowest BCUT2D eigenvalue weighted by molar-refractivity contribution is -0.365. The average Bonchev–Trinajstić information content (AvgIpc) is 3.56. The number of hydrogen-bond donors (Lipinski definition) is 11. The number of ether oxygens (including phenoxy) is 9. The Morgan fingerprint density at radius 2 is 1.32 bits per heavy atom. The monoisotopic (exact) mass is 1090 g/mol. The Bertz CT molecular complexity index is 2130. The Balaban J connectivity index is 0.990. The molecule has 434 valence electrons. The minimum absolute atomic E-state index is 0.0131. The van der Waals surface area contributed by atoms with Gasteiger partial charge in [-0.3, -0.25) is 9.59 Å². The van der Waals surface area contributed by atoms with Gasteiger partial charge in [-0.15, -0.1) is 0 Å². The molecule has 4 heterocycles. The van der Waals surface area contributed by atoms with Crippen LogP contribution in [0.3, 0.4) is 0 Å². The Morgan fingerprint density at radius 3 is 2.01 bits per heavy atom. The highest BCUT2D eigenvalue weighted by Crippen LogP contribution is 2.76. The molecule has 9 aliphatic rings. The van der Waals surface area contributed by atoms with Crippen LogP contribution in [0.25, 0.3) is 0 Å². The van der Waals surface area contributed by atoms with Gasteiger partial charge < -0.3 is 98.8 Å².